The second-order valence-corrected chi connectivity index (χ2v) is 4.00. The van der Waals surface area contributed by atoms with Crippen LogP contribution in [0.25, 0.3) is 0 Å². The van der Waals surface area contributed by atoms with Crippen molar-refractivity contribution in [2.75, 3.05) is 0 Å². The molecule has 0 radical (unpaired) electrons. The molecule has 2 nitrogen and oxygen atoms in total. The first-order chi connectivity index (χ1) is 5.68. The van der Waals surface area contributed by atoms with E-state index >= 15 is 0 Å². The van der Waals surface area contributed by atoms with Crippen LogP contribution in [0.2, 0.25) is 0 Å². The summed E-state index contributed by atoms with van der Waals surface area (Å²) in [6, 6.07) is 0. The minimum Gasteiger partial charge on any atom is -0.358 e. The summed E-state index contributed by atoms with van der Waals surface area (Å²) in [5.74, 6) is 0.575. The van der Waals surface area contributed by atoms with Crippen molar-refractivity contribution in [1.82, 2.24) is 0 Å². The third-order valence-corrected chi connectivity index (χ3v) is 3.13. The van der Waals surface area contributed by atoms with Crippen LogP contribution in [-0.2, 0) is 9.53 Å². The van der Waals surface area contributed by atoms with Gasteiger partial charge in [-0.1, -0.05) is 12.2 Å². The molecule has 0 aromatic carbocycles. The Morgan fingerprint density at radius 3 is 3.00 bits per heavy atom. The summed E-state index contributed by atoms with van der Waals surface area (Å²) in [6.07, 6.45) is 4.12. The number of aldehydes is 1. The van der Waals surface area contributed by atoms with E-state index in [1.54, 1.807) is 0 Å². The average molecular weight is 166 g/mol. The SMILES string of the molecule is C=C(C)[C@H]1CC[C@@]2(C=O)OC2C1. The predicted octanol–water partition coefficient (Wildman–Crippen LogP) is 1.70. The predicted molar refractivity (Wildman–Crippen MR) is 45.8 cm³/mol. The zero-order valence-corrected chi connectivity index (χ0v) is 7.38. The van der Waals surface area contributed by atoms with E-state index in [0.29, 0.717) is 5.92 Å². The molecule has 0 bridgehead atoms. The second-order valence-electron chi connectivity index (χ2n) is 4.00. The average Bonchev–Trinajstić information content (AvgIpc) is 2.77. The fraction of sp³-hybridized carbons (Fsp3) is 0.700. The lowest BCUT2D eigenvalue weighted by Crippen LogP contribution is -2.25. The van der Waals surface area contributed by atoms with Gasteiger partial charge in [0.15, 0.2) is 6.29 Å². The number of epoxide rings is 1. The maximum absolute atomic E-state index is 10.7. The van der Waals surface area contributed by atoms with Crippen LogP contribution in [-0.4, -0.2) is 18.0 Å². The lowest BCUT2D eigenvalue weighted by atomic mass is 9.80. The molecular formula is C10H14O2. The van der Waals surface area contributed by atoms with Gasteiger partial charge < -0.3 is 9.53 Å². The van der Waals surface area contributed by atoms with Crippen molar-refractivity contribution in [2.24, 2.45) is 5.92 Å². The summed E-state index contributed by atoms with van der Waals surface area (Å²) in [4.78, 5) is 10.7. The van der Waals surface area contributed by atoms with Crippen molar-refractivity contribution >= 4 is 6.29 Å². The molecule has 1 saturated carbocycles. The zero-order chi connectivity index (χ0) is 8.77. The van der Waals surface area contributed by atoms with Crippen molar-refractivity contribution in [3.63, 3.8) is 0 Å². The van der Waals surface area contributed by atoms with Gasteiger partial charge in [-0.3, -0.25) is 0 Å². The van der Waals surface area contributed by atoms with Gasteiger partial charge in [-0.05, 0) is 32.1 Å². The number of allylic oxidation sites excluding steroid dienone is 1. The Bertz CT molecular complexity index is 234. The Labute approximate surface area is 72.6 Å². The van der Waals surface area contributed by atoms with E-state index in [1.165, 1.54) is 5.57 Å². The molecular weight excluding hydrogens is 152 g/mol. The Morgan fingerprint density at radius 2 is 2.50 bits per heavy atom. The van der Waals surface area contributed by atoms with Crippen LogP contribution in [0.1, 0.15) is 26.2 Å². The second kappa shape index (κ2) is 2.43. The van der Waals surface area contributed by atoms with E-state index in [4.69, 9.17) is 4.74 Å². The maximum atomic E-state index is 10.7. The Balaban J connectivity index is 2.00. The summed E-state index contributed by atoms with van der Waals surface area (Å²) in [5, 5.41) is 0. The molecule has 2 rings (SSSR count). The monoisotopic (exact) mass is 166 g/mol. The number of carbonyl (C=O) groups excluding carboxylic acids is 1. The Kier molecular flexibility index (Phi) is 1.62. The Morgan fingerprint density at radius 1 is 1.75 bits per heavy atom. The van der Waals surface area contributed by atoms with Crippen LogP contribution in [0.15, 0.2) is 12.2 Å². The van der Waals surface area contributed by atoms with Crippen LogP contribution in [0.5, 0.6) is 0 Å². The molecule has 2 heteroatoms. The number of fused-ring (bicyclic) bond motifs is 1. The zero-order valence-electron chi connectivity index (χ0n) is 7.38. The van der Waals surface area contributed by atoms with Gasteiger partial charge >= 0.3 is 0 Å². The normalized spacial score (nSPS) is 44.8. The van der Waals surface area contributed by atoms with Gasteiger partial charge in [0.05, 0.1) is 6.10 Å². The molecule has 3 atom stereocenters. The molecule has 1 saturated heterocycles. The summed E-state index contributed by atoms with van der Waals surface area (Å²) in [7, 11) is 0. The molecule has 1 unspecified atom stereocenters. The highest BCUT2D eigenvalue weighted by Crippen LogP contribution is 2.49. The third kappa shape index (κ3) is 1.02. The van der Waals surface area contributed by atoms with Crippen LogP contribution in [0, 0.1) is 5.92 Å². The van der Waals surface area contributed by atoms with Crippen molar-refractivity contribution in [1.29, 1.82) is 0 Å². The first-order valence-corrected chi connectivity index (χ1v) is 4.47. The lowest BCUT2D eigenvalue weighted by molar-refractivity contribution is -0.112. The molecule has 2 aliphatic rings. The Hall–Kier alpha value is -0.630. The molecule has 0 spiro atoms. The molecule has 2 fully saturated rings. The first-order valence-electron chi connectivity index (χ1n) is 4.47. The number of hydrogen-bond donors (Lipinski definition) is 0. The van der Waals surface area contributed by atoms with Crippen LogP contribution >= 0.6 is 0 Å². The smallest absolute Gasteiger partial charge is 0.154 e. The van der Waals surface area contributed by atoms with Gasteiger partial charge in [0.25, 0.3) is 0 Å². The highest BCUT2D eigenvalue weighted by atomic mass is 16.6. The number of ether oxygens (including phenoxy) is 1. The summed E-state index contributed by atoms with van der Waals surface area (Å²) in [5.41, 5.74) is 0.858. The fourth-order valence-electron chi connectivity index (χ4n) is 2.08. The number of carbonyl (C=O) groups is 1. The van der Waals surface area contributed by atoms with Gasteiger partial charge in [-0.2, -0.15) is 0 Å². The number of hydrogen-bond acceptors (Lipinski definition) is 2. The largest absolute Gasteiger partial charge is 0.358 e. The van der Waals surface area contributed by atoms with Crippen LogP contribution in [0.3, 0.4) is 0 Å². The summed E-state index contributed by atoms with van der Waals surface area (Å²) in [6.45, 7) is 5.99. The number of rotatable bonds is 2. The summed E-state index contributed by atoms with van der Waals surface area (Å²) < 4.78 is 5.39. The van der Waals surface area contributed by atoms with Gasteiger partial charge in [-0.15, -0.1) is 0 Å². The van der Waals surface area contributed by atoms with E-state index in [0.717, 1.165) is 25.5 Å². The molecule has 0 aromatic heterocycles. The molecule has 0 aromatic rings. The van der Waals surface area contributed by atoms with Gasteiger partial charge in [0, 0.05) is 0 Å². The van der Waals surface area contributed by atoms with Crippen molar-refractivity contribution < 1.29 is 9.53 Å². The minimum atomic E-state index is -0.369. The molecule has 1 heterocycles. The molecule has 1 aliphatic heterocycles. The fourth-order valence-corrected chi connectivity index (χ4v) is 2.08. The topological polar surface area (TPSA) is 29.6 Å². The minimum absolute atomic E-state index is 0.199. The first kappa shape index (κ1) is 7.99. The lowest BCUT2D eigenvalue weighted by Gasteiger charge is -2.21. The van der Waals surface area contributed by atoms with E-state index in [9.17, 15) is 4.79 Å². The van der Waals surface area contributed by atoms with E-state index in [-0.39, 0.29) is 11.7 Å². The van der Waals surface area contributed by atoms with E-state index in [2.05, 4.69) is 13.5 Å². The van der Waals surface area contributed by atoms with Gasteiger partial charge in [-0.25, -0.2) is 0 Å². The van der Waals surface area contributed by atoms with Crippen molar-refractivity contribution in [3.05, 3.63) is 12.2 Å². The molecule has 0 amide bonds. The highest BCUT2D eigenvalue weighted by molar-refractivity contribution is 5.68. The third-order valence-electron chi connectivity index (χ3n) is 3.13. The van der Waals surface area contributed by atoms with Gasteiger partial charge in [0.2, 0.25) is 0 Å². The molecule has 66 valence electrons. The maximum Gasteiger partial charge on any atom is 0.154 e. The van der Waals surface area contributed by atoms with Crippen LogP contribution < -0.4 is 0 Å². The van der Waals surface area contributed by atoms with Gasteiger partial charge in [0.1, 0.15) is 5.60 Å². The van der Waals surface area contributed by atoms with E-state index < -0.39 is 0 Å². The highest BCUT2D eigenvalue weighted by Gasteiger charge is 2.59. The molecule has 12 heavy (non-hydrogen) atoms. The summed E-state index contributed by atoms with van der Waals surface area (Å²) >= 11 is 0. The van der Waals surface area contributed by atoms with Crippen molar-refractivity contribution in [3.8, 4) is 0 Å². The molecule has 0 N–H and O–H groups in total. The van der Waals surface area contributed by atoms with E-state index in [1.807, 2.05) is 0 Å². The standard InChI is InChI=1S/C10H14O2/c1-7(2)8-3-4-10(6-11)9(5-8)12-10/h6,8-9H,1,3-5H2,2H3/t8-,9?,10-/m0/s1. The quantitative estimate of drug-likeness (QED) is 0.355. The molecule has 1 aliphatic carbocycles. The van der Waals surface area contributed by atoms with Crippen molar-refractivity contribution in [2.45, 2.75) is 37.9 Å². The van der Waals surface area contributed by atoms with Crippen LogP contribution in [0.4, 0.5) is 0 Å².